The van der Waals surface area contributed by atoms with Crippen LogP contribution in [0.15, 0.2) is 24.3 Å². The van der Waals surface area contributed by atoms with Gasteiger partial charge in [-0.15, -0.1) is 0 Å². The summed E-state index contributed by atoms with van der Waals surface area (Å²) in [6.07, 6.45) is 10.0. The van der Waals surface area contributed by atoms with Crippen LogP contribution in [0.5, 0.6) is 11.5 Å². The lowest BCUT2D eigenvalue weighted by Crippen LogP contribution is -2.16. The Bertz CT molecular complexity index is 754. The Morgan fingerprint density at radius 3 is 1.46 bits per heavy atom. The van der Waals surface area contributed by atoms with Crippen molar-refractivity contribution >= 4 is 0 Å². The van der Waals surface area contributed by atoms with E-state index in [1.807, 2.05) is 26.0 Å². The zero-order valence-electron chi connectivity index (χ0n) is 18.0. The Labute approximate surface area is 170 Å². The van der Waals surface area contributed by atoms with Crippen molar-refractivity contribution in [1.29, 1.82) is 0 Å². The van der Waals surface area contributed by atoms with Gasteiger partial charge in [-0.3, -0.25) is 0 Å². The fraction of sp³-hybridized carbons (Fsp3) is 0.538. The third-order valence-electron chi connectivity index (χ3n) is 6.49. The summed E-state index contributed by atoms with van der Waals surface area (Å²) in [6, 6.07) is 8.36. The number of aryl methyl sites for hydroxylation is 4. The van der Waals surface area contributed by atoms with E-state index in [2.05, 4.69) is 26.0 Å². The summed E-state index contributed by atoms with van der Waals surface area (Å²) in [4.78, 5) is 0. The average Bonchev–Trinajstić information content (AvgIpc) is 2.77. The third kappa shape index (κ3) is 4.54. The molecule has 152 valence electrons. The van der Waals surface area contributed by atoms with E-state index >= 15 is 0 Å². The van der Waals surface area contributed by atoms with Crippen LogP contribution < -0.4 is 0 Å². The Balaban J connectivity index is 2.16. The van der Waals surface area contributed by atoms with Gasteiger partial charge in [0.2, 0.25) is 0 Å². The highest BCUT2D eigenvalue weighted by Crippen LogP contribution is 2.46. The molecule has 0 saturated heterocycles. The molecule has 2 aromatic rings. The fourth-order valence-corrected chi connectivity index (χ4v) is 5.13. The summed E-state index contributed by atoms with van der Waals surface area (Å²) in [5, 5.41) is 22.0. The van der Waals surface area contributed by atoms with E-state index in [1.54, 1.807) is 0 Å². The molecule has 0 radical (unpaired) electrons. The second-order valence-electron chi connectivity index (χ2n) is 8.98. The second kappa shape index (κ2) is 9.03. The van der Waals surface area contributed by atoms with Gasteiger partial charge < -0.3 is 10.2 Å². The predicted octanol–water partition coefficient (Wildman–Crippen LogP) is 7.21. The van der Waals surface area contributed by atoms with Gasteiger partial charge in [-0.1, -0.05) is 73.9 Å². The average molecular weight is 381 g/mol. The van der Waals surface area contributed by atoms with Gasteiger partial charge >= 0.3 is 0 Å². The zero-order valence-corrected chi connectivity index (χ0v) is 18.0. The molecule has 0 amide bonds. The molecule has 0 spiro atoms. The van der Waals surface area contributed by atoms with Crippen molar-refractivity contribution in [1.82, 2.24) is 0 Å². The zero-order chi connectivity index (χ0) is 20.3. The molecular formula is C26H36O2. The third-order valence-corrected chi connectivity index (χ3v) is 6.49. The predicted molar refractivity (Wildman–Crippen MR) is 117 cm³/mol. The van der Waals surface area contributed by atoms with E-state index in [-0.39, 0.29) is 5.92 Å². The van der Waals surface area contributed by atoms with Crippen LogP contribution in [0.25, 0.3) is 0 Å². The number of aromatic hydroxyl groups is 2. The second-order valence-corrected chi connectivity index (χ2v) is 8.98. The minimum Gasteiger partial charge on any atom is -0.507 e. The lowest BCUT2D eigenvalue weighted by atomic mass is 9.74. The molecule has 1 saturated carbocycles. The lowest BCUT2D eigenvalue weighted by Gasteiger charge is -2.30. The van der Waals surface area contributed by atoms with Crippen molar-refractivity contribution in [3.8, 4) is 11.5 Å². The molecule has 2 aromatic carbocycles. The Morgan fingerprint density at radius 1 is 0.643 bits per heavy atom. The molecule has 28 heavy (non-hydrogen) atoms. The first kappa shape index (κ1) is 20.8. The Morgan fingerprint density at radius 2 is 1.04 bits per heavy atom. The lowest BCUT2D eigenvalue weighted by molar-refractivity contribution is 0.363. The first-order chi connectivity index (χ1) is 13.4. The Kier molecular flexibility index (Phi) is 6.69. The number of rotatable bonds is 3. The molecule has 0 unspecified atom stereocenters. The number of phenols is 2. The van der Waals surface area contributed by atoms with Gasteiger partial charge in [0.05, 0.1) is 0 Å². The van der Waals surface area contributed by atoms with Crippen LogP contribution in [0.4, 0.5) is 0 Å². The van der Waals surface area contributed by atoms with E-state index in [1.165, 1.54) is 49.7 Å². The molecular weight excluding hydrogens is 344 g/mol. The van der Waals surface area contributed by atoms with Gasteiger partial charge in [-0.25, -0.2) is 0 Å². The molecule has 2 heteroatoms. The normalized spacial score (nSPS) is 16.6. The number of hydrogen-bond donors (Lipinski definition) is 2. The van der Waals surface area contributed by atoms with Gasteiger partial charge in [-0.05, 0) is 57.6 Å². The van der Waals surface area contributed by atoms with Crippen molar-refractivity contribution in [2.24, 2.45) is 5.92 Å². The van der Waals surface area contributed by atoms with Gasteiger partial charge in [-0.2, -0.15) is 0 Å². The topological polar surface area (TPSA) is 40.5 Å². The van der Waals surface area contributed by atoms with Crippen molar-refractivity contribution in [2.45, 2.75) is 85.0 Å². The quantitative estimate of drug-likeness (QED) is 0.590. The summed E-state index contributed by atoms with van der Waals surface area (Å²) in [5.74, 6) is 1.27. The maximum absolute atomic E-state index is 11.0. The maximum atomic E-state index is 11.0. The van der Waals surface area contributed by atoms with E-state index in [0.29, 0.717) is 17.4 Å². The number of phenolic OH excluding ortho intramolecular Hbond substituents is 2. The highest BCUT2D eigenvalue weighted by atomic mass is 16.3. The molecule has 2 N–H and O–H groups in total. The highest BCUT2D eigenvalue weighted by Gasteiger charge is 2.30. The van der Waals surface area contributed by atoms with Crippen LogP contribution >= 0.6 is 0 Å². The first-order valence-electron chi connectivity index (χ1n) is 11.0. The van der Waals surface area contributed by atoms with Crippen LogP contribution in [-0.2, 0) is 0 Å². The SMILES string of the molecule is Cc1cc(C)c(O)c(C(c2cc(C)cc(C)c2O)C2CCCCCCCC2)c1. The minimum atomic E-state index is 0.0373. The van der Waals surface area contributed by atoms with E-state index in [0.717, 1.165) is 35.1 Å². The highest BCUT2D eigenvalue weighted by molar-refractivity contribution is 5.53. The first-order valence-corrected chi connectivity index (χ1v) is 11.0. The molecule has 3 rings (SSSR count). The minimum absolute atomic E-state index is 0.0373. The van der Waals surface area contributed by atoms with E-state index < -0.39 is 0 Å². The summed E-state index contributed by atoms with van der Waals surface area (Å²) < 4.78 is 0. The van der Waals surface area contributed by atoms with Crippen LogP contribution in [0, 0.1) is 33.6 Å². The smallest absolute Gasteiger partial charge is 0.122 e. The fourth-order valence-electron chi connectivity index (χ4n) is 5.13. The standard InChI is InChI=1S/C26H36O2/c1-17-13-19(3)25(27)22(15-17)24(21-11-9-7-5-6-8-10-12-21)23-16-18(2)14-20(4)26(23)28/h13-16,21,24,27-28H,5-12H2,1-4H3. The molecule has 1 aliphatic carbocycles. The molecule has 2 nitrogen and oxygen atoms in total. The monoisotopic (exact) mass is 380 g/mol. The van der Waals surface area contributed by atoms with Gasteiger partial charge in [0, 0.05) is 17.0 Å². The van der Waals surface area contributed by atoms with Crippen LogP contribution in [0.3, 0.4) is 0 Å². The molecule has 0 atom stereocenters. The van der Waals surface area contributed by atoms with Crippen LogP contribution in [0.1, 0.15) is 90.7 Å². The summed E-state index contributed by atoms with van der Waals surface area (Å²) in [6.45, 7) is 8.15. The molecule has 0 heterocycles. The molecule has 0 aromatic heterocycles. The van der Waals surface area contributed by atoms with Crippen molar-refractivity contribution in [3.63, 3.8) is 0 Å². The summed E-state index contributed by atoms with van der Waals surface area (Å²) >= 11 is 0. The Hall–Kier alpha value is -1.96. The number of hydrogen-bond acceptors (Lipinski definition) is 2. The van der Waals surface area contributed by atoms with Crippen molar-refractivity contribution in [3.05, 3.63) is 57.6 Å². The van der Waals surface area contributed by atoms with Gasteiger partial charge in [0.25, 0.3) is 0 Å². The molecule has 1 aliphatic rings. The largest absolute Gasteiger partial charge is 0.507 e. The summed E-state index contributed by atoms with van der Waals surface area (Å²) in [5.41, 5.74) is 6.16. The molecule has 1 fully saturated rings. The van der Waals surface area contributed by atoms with Crippen LogP contribution in [-0.4, -0.2) is 10.2 Å². The van der Waals surface area contributed by atoms with Gasteiger partial charge in [0.1, 0.15) is 11.5 Å². The van der Waals surface area contributed by atoms with Gasteiger partial charge in [0.15, 0.2) is 0 Å². The van der Waals surface area contributed by atoms with Crippen LogP contribution in [0.2, 0.25) is 0 Å². The van der Waals surface area contributed by atoms with Crippen molar-refractivity contribution < 1.29 is 10.2 Å². The summed E-state index contributed by atoms with van der Waals surface area (Å²) in [7, 11) is 0. The van der Waals surface area contributed by atoms with Crippen molar-refractivity contribution in [2.75, 3.05) is 0 Å². The van der Waals surface area contributed by atoms with E-state index in [9.17, 15) is 10.2 Å². The number of benzene rings is 2. The van der Waals surface area contributed by atoms with E-state index in [4.69, 9.17) is 0 Å². The maximum Gasteiger partial charge on any atom is 0.122 e. The molecule has 0 aliphatic heterocycles. The molecule has 0 bridgehead atoms.